The van der Waals surface area contributed by atoms with Gasteiger partial charge in [-0.25, -0.2) is 15.0 Å². The Bertz CT molecular complexity index is 765. The maximum Gasteiger partial charge on any atom is 0.396 e. The zero-order valence-electron chi connectivity index (χ0n) is 9.64. The average molecular weight is 280 g/mol. The van der Waals surface area contributed by atoms with E-state index in [-0.39, 0.29) is 5.82 Å². The Labute approximate surface area is 110 Å². The lowest BCUT2D eigenvalue weighted by Gasteiger charge is -2.01. The van der Waals surface area contributed by atoms with Gasteiger partial charge in [0.25, 0.3) is 0 Å². The van der Waals surface area contributed by atoms with Gasteiger partial charge in [-0.15, -0.1) is 0 Å². The van der Waals surface area contributed by atoms with Crippen LogP contribution in [0.2, 0.25) is 0 Å². The number of nitrogens with one attached hydrogen (secondary N) is 1. The molecule has 0 saturated carbocycles. The smallest absolute Gasteiger partial charge is 0.358 e. The van der Waals surface area contributed by atoms with Gasteiger partial charge in [-0.2, -0.15) is 0 Å². The van der Waals surface area contributed by atoms with Crippen molar-refractivity contribution in [2.24, 2.45) is 7.05 Å². The lowest BCUT2D eigenvalue weighted by molar-refractivity contribution is -0.392. The van der Waals surface area contributed by atoms with Crippen molar-refractivity contribution in [2.45, 2.75) is 10.1 Å². The van der Waals surface area contributed by atoms with Gasteiger partial charge in [0.05, 0.1) is 6.33 Å². The van der Waals surface area contributed by atoms with Gasteiger partial charge in [0, 0.05) is 7.05 Å². The van der Waals surface area contributed by atoms with Crippen LogP contribution in [0.3, 0.4) is 0 Å². The third-order valence-corrected chi connectivity index (χ3v) is 3.59. The first-order chi connectivity index (χ1) is 9.16. The van der Waals surface area contributed by atoms with Gasteiger partial charge in [0.15, 0.2) is 10.7 Å². The maximum atomic E-state index is 10.9. The predicted molar refractivity (Wildman–Crippen MR) is 65.7 cm³/mol. The van der Waals surface area contributed by atoms with E-state index >= 15 is 0 Å². The summed E-state index contributed by atoms with van der Waals surface area (Å²) in [4.78, 5) is 29.2. The molecule has 0 atom stereocenters. The molecule has 0 radical (unpaired) electrons. The van der Waals surface area contributed by atoms with E-state index in [1.807, 2.05) is 0 Å². The van der Waals surface area contributed by atoms with Gasteiger partial charge in [-0.05, 0) is 21.7 Å². The van der Waals surface area contributed by atoms with Gasteiger partial charge < -0.3 is 19.7 Å². The minimum Gasteiger partial charge on any atom is -0.358 e. The third kappa shape index (κ3) is 1.91. The summed E-state index contributed by atoms with van der Waals surface area (Å²) in [7, 11) is 1.69. The second kappa shape index (κ2) is 4.31. The van der Waals surface area contributed by atoms with Crippen molar-refractivity contribution >= 4 is 28.7 Å². The Morgan fingerprint density at radius 2 is 2.21 bits per heavy atom. The topological polar surface area (TPSA) is 115 Å². The Balaban J connectivity index is 2.08. The number of fused-ring (bicyclic) bond motifs is 1. The fourth-order valence-electron chi connectivity index (χ4n) is 1.56. The molecule has 3 aromatic heterocycles. The van der Waals surface area contributed by atoms with Crippen LogP contribution in [0.4, 0.5) is 5.82 Å². The molecule has 3 heterocycles. The Kier molecular flexibility index (Phi) is 2.63. The van der Waals surface area contributed by atoms with Crippen LogP contribution in [0.25, 0.3) is 11.2 Å². The normalized spacial score (nSPS) is 11.0. The molecule has 0 aromatic carbocycles. The first-order valence-electron chi connectivity index (χ1n) is 5.14. The van der Waals surface area contributed by atoms with Crippen LogP contribution in [0, 0.1) is 10.1 Å². The molecule has 0 aliphatic carbocycles. The van der Waals surface area contributed by atoms with Crippen molar-refractivity contribution in [2.75, 3.05) is 0 Å². The van der Waals surface area contributed by atoms with Crippen LogP contribution in [0.1, 0.15) is 0 Å². The van der Waals surface area contributed by atoms with Crippen molar-refractivity contribution in [1.29, 1.82) is 0 Å². The van der Waals surface area contributed by atoms with Gasteiger partial charge in [-0.1, -0.05) is 0 Å². The van der Waals surface area contributed by atoms with E-state index in [4.69, 9.17) is 0 Å². The number of hydrogen-bond acceptors (Lipinski definition) is 7. The first-order valence-corrected chi connectivity index (χ1v) is 5.96. The molecule has 0 amide bonds. The Morgan fingerprint density at radius 3 is 3.00 bits per heavy atom. The maximum absolute atomic E-state index is 10.9. The molecule has 3 aromatic rings. The minimum atomic E-state index is -0.520. The highest BCUT2D eigenvalue weighted by Crippen LogP contribution is 2.34. The lowest BCUT2D eigenvalue weighted by atomic mass is 10.6. The van der Waals surface area contributed by atoms with E-state index in [1.54, 1.807) is 11.6 Å². The number of nitro groups is 1. The van der Waals surface area contributed by atoms with Crippen molar-refractivity contribution in [1.82, 2.24) is 29.5 Å². The zero-order valence-corrected chi connectivity index (χ0v) is 10.5. The van der Waals surface area contributed by atoms with Gasteiger partial charge in [0.1, 0.15) is 16.9 Å². The number of rotatable bonds is 3. The summed E-state index contributed by atoms with van der Waals surface area (Å²) in [5.74, 6) is -0.196. The van der Waals surface area contributed by atoms with E-state index < -0.39 is 4.92 Å². The summed E-state index contributed by atoms with van der Waals surface area (Å²) < 4.78 is 1.58. The summed E-state index contributed by atoms with van der Waals surface area (Å²) >= 11 is 1.15. The Morgan fingerprint density at radius 1 is 1.37 bits per heavy atom. The van der Waals surface area contributed by atoms with E-state index in [0.717, 1.165) is 11.8 Å². The van der Waals surface area contributed by atoms with E-state index in [9.17, 15) is 10.1 Å². The molecule has 0 spiro atoms. The fourth-order valence-corrected chi connectivity index (χ4v) is 2.51. The van der Waals surface area contributed by atoms with Crippen LogP contribution in [0.15, 0.2) is 29.0 Å². The highest BCUT2D eigenvalue weighted by atomic mass is 35.1. The molecule has 0 aliphatic rings. The highest BCUT2D eigenvalue weighted by molar-refractivity contribution is 7.99. The number of hydrogen-bond donors (Lipinski definition) is 1. The standard InChI is InChI=1S/C9H7N7O2S/c1-15-4-14-7(16(17)18)9(15)19-8-5-6(11-2-10-5)12-3-13-8/h2-4H,1H3,(H,10,11,12,13)/i19+3. The molecule has 19 heavy (non-hydrogen) atoms. The summed E-state index contributed by atoms with van der Waals surface area (Å²) in [5.41, 5.74) is 1.16. The molecule has 96 valence electrons. The molecular formula is C9H7N7O2S. The number of H-pyrrole nitrogens is 1. The van der Waals surface area contributed by atoms with Crippen LogP contribution in [0.5, 0.6) is 0 Å². The summed E-state index contributed by atoms with van der Waals surface area (Å²) in [6, 6.07) is 0. The average Bonchev–Trinajstić information content (AvgIpc) is 2.97. The van der Waals surface area contributed by atoms with E-state index in [1.165, 1.54) is 19.0 Å². The molecule has 9 nitrogen and oxygen atoms in total. The SMILES string of the molecule is Cn1cnc([N+](=O)[O-])c1[35S]c1ncnc2nc[nH]c12. The number of aromatic amines is 1. The largest absolute Gasteiger partial charge is 0.396 e. The van der Waals surface area contributed by atoms with Crippen LogP contribution >= 0.6 is 11.8 Å². The molecule has 3 rings (SSSR count). The first kappa shape index (κ1) is 11.6. The number of nitrogens with zero attached hydrogens (tertiary/aromatic N) is 6. The minimum absolute atomic E-state index is 0.196. The van der Waals surface area contributed by atoms with Gasteiger partial charge >= 0.3 is 5.82 Å². The number of aryl methyl sites for hydroxylation is 1. The van der Waals surface area contributed by atoms with E-state index in [0.29, 0.717) is 21.2 Å². The van der Waals surface area contributed by atoms with Crippen LogP contribution in [-0.2, 0) is 7.05 Å². The van der Waals surface area contributed by atoms with Crippen molar-refractivity contribution in [3.8, 4) is 0 Å². The molecule has 0 aliphatic heterocycles. The van der Waals surface area contributed by atoms with Gasteiger partial charge in [-0.3, -0.25) is 0 Å². The van der Waals surface area contributed by atoms with Crippen LogP contribution < -0.4 is 0 Å². The summed E-state index contributed by atoms with van der Waals surface area (Å²) in [5, 5.41) is 11.9. The van der Waals surface area contributed by atoms with Crippen molar-refractivity contribution in [3.05, 3.63) is 29.1 Å². The molecular weight excluding hydrogens is 273 g/mol. The fraction of sp³-hybridized carbons (Fsp3) is 0.111. The quantitative estimate of drug-likeness (QED) is 0.434. The molecule has 10 heteroatoms. The van der Waals surface area contributed by atoms with Gasteiger partial charge in [0.2, 0.25) is 6.33 Å². The van der Waals surface area contributed by atoms with Crippen LogP contribution in [-0.4, -0.2) is 34.4 Å². The van der Waals surface area contributed by atoms with Crippen molar-refractivity contribution in [3.63, 3.8) is 0 Å². The summed E-state index contributed by atoms with van der Waals surface area (Å²) in [6.45, 7) is 0. The molecule has 0 fully saturated rings. The predicted octanol–water partition coefficient (Wildman–Crippen LogP) is 1.15. The zero-order chi connectivity index (χ0) is 13.4. The molecule has 0 bridgehead atoms. The highest BCUT2D eigenvalue weighted by Gasteiger charge is 2.22. The number of imidazole rings is 2. The van der Waals surface area contributed by atoms with E-state index in [2.05, 4.69) is 24.9 Å². The lowest BCUT2D eigenvalue weighted by Crippen LogP contribution is -1.95. The number of aromatic nitrogens is 6. The molecule has 1 N–H and O–H groups in total. The van der Waals surface area contributed by atoms with Crippen molar-refractivity contribution < 1.29 is 4.92 Å². The molecule has 0 unspecified atom stereocenters. The molecule has 0 saturated heterocycles. The second-order valence-electron chi connectivity index (χ2n) is 3.62. The summed E-state index contributed by atoms with van der Waals surface area (Å²) in [6.07, 6.45) is 4.26. The second-order valence-corrected chi connectivity index (χ2v) is 4.60. The Hall–Kier alpha value is -2.49. The third-order valence-electron chi connectivity index (χ3n) is 2.42. The monoisotopic (exact) mass is 280 g/mol.